The van der Waals surface area contributed by atoms with Crippen LogP contribution in [-0.4, -0.2) is 16.6 Å². The molecule has 0 aliphatic carbocycles. The Labute approximate surface area is 198 Å². The van der Waals surface area contributed by atoms with E-state index < -0.39 is 11.0 Å². The van der Waals surface area contributed by atoms with Gasteiger partial charge in [0.1, 0.15) is 0 Å². The minimum absolute atomic E-state index is 0.273. The highest BCUT2D eigenvalue weighted by atomic mass is 16.7. The van der Waals surface area contributed by atoms with E-state index in [-0.39, 0.29) is 12.5 Å². The average molecular weight is 448 g/mol. The lowest BCUT2D eigenvalue weighted by atomic mass is 9.71. The van der Waals surface area contributed by atoms with Crippen LogP contribution >= 0.6 is 0 Å². The van der Waals surface area contributed by atoms with E-state index in [0.29, 0.717) is 12.8 Å². The van der Waals surface area contributed by atoms with Gasteiger partial charge in [-0.15, -0.1) is 0 Å². The van der Waals surface area contributed by atoms with Crippen molar-refractivity contribution < 1.29 is 14.7 Å². The molecule has 1 atom stereocenters. The molecule has 4 heteroatoms. The second-order valence-corrected chi connectivity index (χ2v) is 8.66. The highest BCUT2D eigenvalue weighted by Gasteiger charge is 2.46. The summed E-state index contributed by atoms with van der Waals surface area (Å²) >= 11 is 0. The van der Waals surface area contributed by atoms with Gasteiger partial charge < -0.3 is 5.11 Å². The first-order chi connectivity index (χ1) is 15.8. The molecule has 176 valence electrons. The Bertz CT molecular complexity index is 963. The summed E-state index contributed by atoms with van der Waals surface area (Å²) in [5, 5.41) is 10.8. The first-order valence-corrected chi connectivity index (χ1v) is 11.6. The third-order valence-electron chi connectivity index (χ3n) is 6.07. The molecule has 0 bridgehead atoms. The molecule has 0 saturated heterocycles. The van der Waals surface area contributed by atoms with Gasteiger partial charge in [-0.2, -0.15) is 0 Å². The third kappa shape index (κ3) is 7.28. The maximum absolute atomic E-state index is 13.0. The molecule has 33 heavy (non-hydrogen) atoms. The lowest BCUT2D eigenvalue weighted by Gasteiger charge is -2.39. The summed E-state index contributed by atoms with van der Waals surface area (Å²) in [6, 6.07) is 28.2. The van der Waals surface area contributed by atoms with Crippen LogP contribution < -0.4 is 5.48 Å². The van der Waals surface area contributed by atoms with Crippen molar-refractivity contribution in [1.82, 2.24) is 5.48 Å². The van der Waals surface area contributed by atoms with Crippen LogP contribution in [0.4, 0.5) is 0 Å². The van der Waals surface area contributed by atoms with Crippen molar-refractivity contribution in [3.63, 3.8) is 0 Å². The molecule has 0 fully saturated rings. The molecule has 0 spiro atoms. The van der Waals surface area contributed by atoms with E-state index in [9.17, 15) is 9.90 Å². The zero-order valence-corrected chi connectivity index (χ0v) is 20.5. The SMILES string of the molecule is CC.CC(C)(O)C(C)(CCc1ccc(-c2ccccc2)cc1)C(=O)NOCc1ccccc1. The van der Waals surface area contributed by atoms with E-state index in [1.807, 2.05) is 62.4 Å². The van der Waals surface area contributed by atoms with E-state index in [2.05, 4.69) is 41.9 Å². The smallest absolute Gasteiger partial charge is 0.252 e. The molecule has 3 aromatic carbocycles. The van der Waals surface area contributed by atoms with Gasteiger partial charge in [-0.3, -0.25) is 9.63 Å². The molecule has 2 N–H and O–H groups in total. The molecule has 0 aliphatic heterocycles. The topological polar surface area (TPSA) is 58.6 Å². The summed E-state index contributed by atoms with van der Waals surface area (Å²) in [4.78, 5) is 18.4. The molecule has 1 amide bonds. The number of carbonyl (C=O) groups excluding carboxylic acids is 1. The summed E-state index contributed by atoms with van der Waals surface area (Å²) in [7, 11) is 0. The van der Waals surface area contributed by atoms with Crippen molar-refractivity contribution in [3.8, 4) is 11.1 Å². The lowest BCUT2D eigenvalue weighted by Crippen LogP contribution is -2.52. The fourth-order valence-electron chi connectivity index (χ4n) is 3.46. The van der Waals surface area contributed by atoms with Gasteiger partial charge in [-0.05, 0) is 55.9 Å². The van der Waals surface area contributed by atoms with Crippen molar-refractivity contribution in [2.24, 2.45) is 5.41 Å². The van der Waals surface area contributed by atoms with Crippen molar-refractivity contribution in [3.05, 3.63) is 96.1 Å². The Balaban J connectivity index is 0.00000187. The number of nitrogens with one attached hydrogen (secondary N) is 1. The van der Waals surface area contributed by atoms with Crippen LogP contribution in [-0.2, 0) is 22.7 Å². The third-order valence-corrected chi connectivity index (χ3v) is 6.07. The quantitative estimate of drug-likeness (QED) is 0.376. The maximum Gasteiger partial charge on any atom is 0.252 e. The molecule has 0 heterocycles. The summed E-state index contributed by atoms with van der Waals surface area (Å²) in [5.41, 5.74) is 4.73. The van der Waals surface area contributed by atoms with Gasteiger partial charge in [0.05, 0.1) is 17.6 Å². The van der Waals surface area contributed by atoms with Gasteiger partial charge in [0.15, 0.2) is 0 Å². The van der Waals surface area contributed by atoms with E-state index >= 15 is 0 Å². The second kappa shape index (κ2) is 12.3. The number of benzene rings is 3. The Kier molecular flexibility index (Phi) is 9.83. The van der Waals surface area contributed by atoms with Gasteiger partial charge in [-0.25, -0.2) is 5.48 Å². The minimum atomic E-state index is -1.21. The zero-order chi connectivity index (χ0) is 24.3. The predicted octanol–water partition coefficient (Wildman–Crippen LogP) is 6.34. The normalized spacial score (nSPS) is 12.8. The summed E-state index contributed by atoms with van der Waals surface area (Å²) < 4.78 is 0. The van der Waals surface area contributed by atoms with E-state index in [1.54, 1.807) is 20.8 Å². The van der Waals surface area contributed by atoms with E-state index in [1.165, 1.54) is 5.56 Å². The number of amides is 1. The molecule has 0 radical (unpaired) electrons. The largest absolute Gasteiger partial charge is 0.389 e. The van der Waals surface area contributed by atoms with Gasteiger partial charge in [0.2, 0.25) is 0 Å². The van der Waals surface area contributed by atoms with Crippen molar-refractivity contribution in [2.45, 2.75) is 59.7 Å². The predicted molar refractivity (Wildman–Crippen MR) is 135 cm³/mol. The van der Waals surface area contributed by atoms with Crippen LogP contribution in [0.1, 0.15) is 52.2 Å². The Hall–Kier alpha value is -2.95. The van der Waals surface area contributed by atoms with Crippen molar-refractivity contribution in [1.29, 1.82) is 0 Å². The summed E-state index contributed by atoms with van der Waals surface area (Å²) in [6.07, 6.45) is 1.16. The highest BCUT2D eigenvalue weighted by Crippen LogP contribution is 2.36. The van der Waals surface area contributed by atoms with Gasteiger partial charge in [0, 0.05) is 0 Å². The summed E-state index contributed by atoms with van der Waals surface area (Å²) in [5.74, 6) is -0.322. The second-order valence-electron chi connectivity index (χ2n) is 8.66. The van der Waals surface area contributed by atoms with Gasteiger partial charge in [0.25, 0.3) is 5.91 Å². The monoisotopic (exact) mass is 447 g/mol. The Morgan fingerprint density at radius 1 is 0.788 bits per heavy atom. The number of rotatable bonds is 9. The van der Waals surface area contributed by atoms with Crippen molar-refractivity contribution in [2.75, 3.05) is 0 Å². The molecule has 3 rings (SSSR count). The van der Waals surface area contributed by atoms with Gasteiger partial charge >= 0.3 is 0 Å². The Morgan fingerprint density at radius 3 is 1.85 bits per heavy atom. The average Bonchev–Trinajstić information content (AvgIpc) is 2.84. The number of hydroxylamine groups is 1. The first kappa shape index (κ1) is 26.3. The van der Waals surface area contributed by atoms with Crippen molar-refractivity contribution >= 4 is 5.91 Å². The maximum atomic E-state index is 13.0. The molecule has 3 aromatic rings. The molecule has 0 aromatic heterocycles. The highest BCUT2D eigenvalue weighted by molar-refractivity contribution is 5.82. The number of hydrogen-bond acceptors (Lipinski definition) is 3. The zero-order valence-electron chi connectivity index (χ0n) is 20.5. The van der Waals surface area contributed by atoms with E-state index in [0.717, 1.165) is 16.7 Å². The molecular formula is C29H37NO3. The number of aryl methyl sites for hydroxylation is 1. The number of aliphatic hydroxyl groups is 1. The fraction of sp³-hybridized carbons (Fsp3) is 0.345. The molecule has 1 unspecified atom stereocenters. The van der Waals surface area contributed by atoms with Crippen LogP contribution in [0.15, 0.2) is 84.9 Å². The van der Waals surface area contributed by atoms with Crippen LogP contribution in [0, 0.1) is 5.41 Å². The van der Waals surface area contributed by atoms with Crippen LogP contribution in [0.5, 0.6) is 0 Å². The number of carbonyl (C=O) groups is 1. The Morgan fingerprint density at radius 2 is 1.30 bits per heavy atom. The first-order valence-electron chi connectivity index (χ1n) is 11.6. The fourth-order valence-corrected chi connectivity index (χ4v) is 3.46. The molecule has 4 nitrogen and oxygen atoms in total. The molecule has 0 saturated carbocycles. The molecule has 0 aliphatic rings. The van der Waals surface area contributed by atoms with E-state index in [4.69, 9.17) is 4.84 Å². The lowest BCUT2D eigenvalue weighted by molar-refractivity contribution is -0.159. The van der Waals surface area contributed by atoms with Crippen LogP contribution in [0.25, 0.3) is 11.1 Å². The summed E-state index contributed by atoms with van der Waals surface area (Å²) in [6.45, 7) is 9.40. The molecular weight excluding hydrogens is 410 g/mol. The minimum Gasteiger partial charge on any atom is -0.389 e. The van der Waals surface area contributed by atoms with Gasteiger partial charge in [-0.1, -0.05) is 98.8 Å². The van der Waals surface area contributed by atoms with Crippen LogP contribution in [0.3, 0.4) is 0 Å². The standard InChI is InChI=1S/C27H31NO3.C2H6/c1-26(2,30)27(3,25(29)28-31-20-22-10-6-4-7-11-22)19-18-21-14-16-24(17-15-21)23-12-8-5-9-13-23;1-2/h4-17,30H,18-20H2,1-3H3,(H,28,29);1-2H3. The number of hydrogen-bond donors (Lipinski definition) is 2. The van der Waals surface area contributed by atoms with Crippen LogP contribution in [0.2, 0.25) is 0 Å².